The second-order valence-electron chi connectivity index (χ2n) is 7.26. The van der Waals surface area contributed by atoms with Crippen LogP contribution >= 0.6 is 11.3 Å². The van der Waals surface area contributed by atoms with Crippen molar-refractivity contribution < 1.29 is 23.4 Å². The van der Waals surface area contributed by atoms with Crippen molar-refractivity contribution in [3.05, 3.63) is 46.9 Å². The molecule has 11 heteroatoms. The second kappa shape index (κ2) is 8.69. The number of carbonyl (C=O) groups excluding carboxylic acids is 1. The molecule has 2 aromatic heterocycles. The van der Waals surface area contributed by atoms with Gasteiger partial charge in [-0.05, 0) is 38.3 Å². The topological polar surface area (TPSA) is 126 Å². The lowest BCUT2D eigenvalue weighted by Gasteiger charge is -2.15. The highest BCUT2D eigenvalue weighted by atomic mass is 32.1. The Morgan fingerprint density at radius 2 is 2.06 bits per heavy atom. The first-order valence-corrected chi connectivity index (χ1v) is 10.5. The number of aryl methyl sites for hydroxylation is 1. The van der Waals surface area contributed by atoms with Gasteiger partial charge in [-0.15, -0.1) is 0 Å². The number of aromatic nitrogens is 3. The quantitative estimate of drug-likeness (QED) is 0.483. The Morgan fingerprint density at radius 1 is 1.32 bits per heavy atom. The number of halogens is 2. The number of hydrogen-bond acceptors (Lipinski definition) is 7. The van der Waals surface area contributed by atoms with Crippen molar-refractivity contribution in [3.63, 3.8) is 0 Å². The van der Waals surface area contributed by atoms with Gasteiger partial charge in [0.2, 0.25) is 0 Å². The van der Waals surface area contributed by atoms with Crippen LogP contribution in [0.1, 0.15) is 47.2 Å². The summed E-state index contributed by atoms with van der Waals surface area (Å²) in [6.45, 7) is 2.10. The van der Waals surface area contributed by atoms with E-state index in [1.165, 1.54) is 6.07 Å². The van der Waals surface area contributed by atoms with Crippen LogP contribution in [0, 0.1) is 18.6 Å². The van der Waals surface area contributed by atoms with Gasteiger partial charge in [-0.25, -0.2) is 13.8 Å². The maximum atomic E-state index is 14.1. The molecular weight excluding hydrogens is 428 g/mol. The van der Waals surface area contributed by atoms with Crippen molar-refractivity contribution in [2.45, 2.75) is 38.4 Å². The molecule has 0 bridgehead atoms. The standard InChI is InChI=1S/C20H21F2N5O3S/c1-9-15(16(27-26-9)13-6-5-10(28)7-8-30-13)24-19(29)17-18(23)31-20(25-17)14-11(21)3-2-4-12(14)22/h2-4,10,13,28H,5-8,23H2,1H3,(H,24,29)(H,26,27). The largest absolute Gasteiger partial charge is 0.393 e. The number of ether oxygens (including phenoxy) is 1. The fraction of sp³-hybridized carbons (Fsp3) is 0.350. The van der Waals surface area contributed by atoms with Crippen LogP contribution in [0.3, 0.4) is 0 Å². The van der Waals surface area contributed by atoms with Gasteiger partial charge >= 0.3 is 0 Å². The Hall–Kier alpha value is -2.89. The molecule has 3 heterocycles. The van der Waals surface area contributed by atoms with Crippen molar-refractivity contribution in [1.82, 2.24) is 15.2 Å². The Balaban J connectivity index is 1.60. The van der Waals surface area contributed by atoms with Gasteiger partial charge in [0.25, 0.3) is 5.91 Å². The summed E-state index contributed by atoms with van der Waals surface area (Å²) in [5, 5.41) is 19.6. The molecule has 164 valence electrons. The van der Waals surface area contributed by atoms with Gasteiger partial charge in [0.15, 0.2) is 5.69 Å². The summed E-state index contributed by atoms with van der Waals surface area (Å²) in [5.41, 5.74) is 7.01. The number of amides is 1. The first-order valence-electron chi connectivity index (χ1n) is 9.71. The number of aliphatic hydroxyl groups excluding tert-OH is 1. The van der Waals surface area contributed by atoms with E-state index >= 15 is 0 Å². The van der Waals surface area contributed by atoms with Crippen molar-refractivity contribution in [2.75, 3.05) is 17.7 Å². The normalized spacial score (nSPS) is 19.2. The van der Waals surface area contributed by atoms with Crippen LogP contribution < -0.4 is 11.1 Å². The molecule has 0 spiro atoms. The van der Waals surface area contributed by atoms with E-state index in [9.17, 15) is 18.7 Å². The average molecular weight is 449 g/mol. The maximum Gasteiger partial charge on any atom is 0.277 e. The van der Waals surface area contributed by atoms with E-state index in [-0.39, 0.29) is 27.4 Å². The number of carbonyl (C=O) groups is 1. The van der Waals surface area contributed by atoms with E-state index < -0.39 is 23.6 Å². The summed E-state index contributed by atoms with van der Waals surface area (Å²) in [7, 11) is 0. The number of hydrogen-bond donors (Lipinski definition) is 4. The van der Waals surface area contributed by atoms with E-state index in [0.29, 0.717) is 42.9 Å². The number of rotatable bonds is 4. The molecule has 0 saturated carbocycles. The van der Waals surface area contributed by atoms with Crippen LogP contribution in [0.15, 0.2) is 18.2 Å². The maximum absolute atomic E-state index is 14.1. The van der Waals surface area contributed by atoms with Crippen LogP contribution in [0.4, 0.5) is 19.5 Å². The first kappa shape index (κ1) is 21.3. The molecule has 0 radical (unpaired) electrons. The first-order chi connectivity index (χ1) is 14.8. The Labute approximate surface area is 180 Å². The summed E-state index contributed by atoms with van der Waals surface area (Å²) in [4.78, 5) is 17.0. The highest BCUT2D eigenvalue weighted by Crippen LogP contribution is 2.35. The third-order valence-electron chi connectivity index (χ3n) is 5.11. The number of anilines is 2. The third-order valence-corrected chi connectivity index (χ3v) is 6.01. The van der Waals surface area contributed by atoms with E-state index in [1.54, 1.807) is 6.92 Å². The zero-order valence-electron chi connectivity index (χ0n) is 16.6. The number of benzene rings is 1. The van der Waals surface area contributed by atoms with Crippen molar-refractivity contribution in [3.8, 4) is 10.6 Å². The third kappa shape index (κ3) is 4.29. The molecule has 1 fully saturated rings. The summed E-state index contributed by atoms with van der Waals surface area (Å²) < 4.78 is 34.0. The second-order valence-corrected chi connectivity index (χ2v) is 8.29. The number of H-pyrrole nitrogens is 1. The van der Waals surface area contributed by atoms with Gasteiger partial charge in [-0.1, -0.05) is 17.4 Å². The smallest absolute Gasteiger partial charge is 0.277 e. The van der Waals surface area contributed by atoms with E-state index in [1.807, 2.05) is 0 Å². The summed E-state index contributed by atoms with van der Waals surface area (Å²) in [6, 6.07) is 3.47. The fourth-order valence-corrected chi connectivity index (χ4v) is 4.34. The van der Waals surface area contributed by atoms with E-state index in [0.717, 1.165) is 23.5 Å². The number of nitrogens with two attached hydrogens (primary N) is 1. The number of nitrogens with one attached hydrogen (secondary N) is 2. The molecule has 1 aromatic carbocycles. The molecule has 5 N–H and O–H groups in total. The Morgan fingerprint density at radius 3 is 2.81 bits per heavy atom. The molecule has 8 nitrogen and oxygen atoms in total. The summed E-state index contributed by atoms with van der Waals surface area (Å²) in [6.07, 6.45) is 0.854. The predicted molar refractivity (Wildman–Crippen MR) is 112 cm³/mol. The number of aliphatic hydroxyl groups is 1. The van der Waals surface area contributed by atoms with Crippen molar-refractivity contribution in [2.24, 2.45) is 0 Å². The molecule has 31 heavy (non-hydrogen) atoms. The molecule has 0 aliphatic carbocycles. The summed E-state index contributed by atoms with van der Waals surface area (Å²) in [5.74, 6) is -2.21. The number of nitrogen functional groups attached to an aromatic ring is 1. The summed E-state index contributed by atoms with van der Waals surface area (Å²) >= 11 is 0.826. The van der Waals surface area contributed by atoms with Gasteiger partial charge in [-0.2, -0.15) is 5.10 Å². The Bertz CT molecular complexity index is 1100. The number of thiazole rings is 1. The SMILES string of the molecule is Cc1n[nH]c(C2CCC(O)CCO2)c1NC(=O)c1nc(-c2c(F)cccc2F)sc1N. The molecule has 3 aromatic rings. The molecule has 2 atom stereocenters. The molecule has 1 aliphatic heterocycles. The zero-order valence-corrected chi connectivity index (χ0v) is 17.4. The van der Waals surface area contributed by atoms with E-state index in [2.05, 4.69) is 20.5 Å². The minimum atomic E-state index is -0.790. The molecule has 1 amide bonds. The van der Waals surface area contributed by atoms with Crippen molar-refractivity contribution >= 4 is 27.9 Å². The Kier molecular flexibility index (Phi) is 5.99. The van der Waals surface area contributed by atoms with Gasteiger partial charge < -0.3 is 20.9 Å². The van der Waals surface area contributed by atoms with Crippen LogP contribution in [0.5, 0.6) is 0 Å². The molecule has 1 aliphatic rings. The lowest BCUT2D eigenvalue weighted by Crippen LogP contribution is -2.17. The number of aromatic amines is 1. The highest BCUT2D eigenvalue weighted by Gasteiger charge is 2.27. The average Bonchev–Trinajstić information content (AvgIpc) is 3.19. The minimum absolute atomic E-state index is 0.0246. The van der Waals surface area contributed by atoms with Gasteiger partial charge in [0.05, 0.1) is 28.7 Å². The monoisotopic (exact) mass is 449 g/mol. The van der Waals surface area contributed by atoms with Crippen LogP contribution in [-0.4, -0.2) is 38.9 Å². The van der Waals surface area contributed by atoms with Gasteiger partial charge in [0, 0.05) is 6.61 Å². The van der Waals surface area contributed by atoms with Crippen LogP contribution in [0.25, 0.3) is 10.6 Å². The lowest BCUT2D eigenvalue weighted by molar-refractivity contribution is 0.0519. The molecule has 1 saturated heterocycles. The van der Waals surface area contributed by atoms with Crippen LogP contribution in [0.2, 0.25) is 0 Å². The fourth-order valence-electron chi connectivity index (χ4n) is 3.46. The predicted octanol–water partition coefficient (Wildman–Crippen LogP) is 3.56. The molecular formula is C20H21F2N5O3S. The van der Waals surface area contributed by atoms with Crippen molar-refractivity contribution in [1.29, 1.82) is 0 Å². The lowest BCUT2D eigenvalue weighted by atomic mass is 10.1. The molecule has 2 unspecified atom stereocenters. The van der Waals surface area contributed by atoms with Gasteiger partial charge in [-0.3, -0.25) is 9.89 Å². The van der Waals surface area contributed by atoms with Crippen LogP contribution in [-0.2, 0) is 4.74 Å². The van der Waals surface area contributed by atoms with Gasteiger partial charge in [0.1, 0.15) is 27.7 Å². The number of nitrogens with zero attached hydrogens (tertiary/aromatic N) is 2. The zero-order chi connectivity index (χ0) is 22.1. The minimum Gasteiger partial charge on any atom is -0.393 e. The van der Waals surface area contributed by atoms with E-state index in [4.69, 9.17) is 10.5 Å². The highest BCUT2D eigenvalue weighted by molar-refractivity contribution is 7.19. The molecule has 4 rings (SSSR count).